The van der Waals surface area contributed by atoms with Gasteiger partial charge in [-0.3, -0.25) is 4.79 Å². The van der Waals surface area contributed by atoms with E-state index in [1.807, 2.05) is 6.92 Å². The van der Waals surface area contributed by atoms with Crippen molar-refractivity contribution in [2.24, 2.45) is 0 Å². The van der Waals surface area contributed by atoms with Gasteiger partial charge in [-0.1, -0.05) is 36.7 Å². The summed E-state index contributed by atoms with van der Waals surface area (Å²) in [7, 11) is 0. The van der Waals surface area contributed by atoms with Crippen LogP contribution < -0.4 is 10.6 Å². The molecule has 2 N–H and O–H groups in total. The number of nitrogens with one attached hydrogen (secondary N) is 2. The molecule has 0 saturated heterocycles. The van der Waals surface area contributed by atoms with E-state index in [2.05, 4.69) is 10.6 Å². The van der Waals surface area contributed by atoms with Crippen LogP contribution in [0.2, 0.25) is 5.02 Å². The van der Waals surface area contributed by atoms with E-state index in [1.165, 1.54) is 0 Å². The summed E-state index contributed by atoms with van der Waals surface area (Å²) < 4.78 is 10.3. The monoisotopic (exact) mass is 380 g/mol. The lowest BCUT2D eigenvalue weighted by Gasteiger charge is -2.28. The number of amides is 2. The maximum absolute atomic E-state index is 12.2. The van der Waals surface area contributed by atoms with Crippen molar-refractivity contribution in [3.63, 3.8) is 0 Å². The lowest BCUT2D eigenvalue weighted by atomic mass is 10.0. The summed E-state index contributed by atoms with van der Waals surface area (Å²) in [5, 5.41) is 5.65. The molecule has 7 nitrogen and oxygen atoms in total. The molecule has 1 aliphatic rings. The minimum Gasteiger partial charge on any atom is -0.463 e. The van der Waals surface area contributed by atoms with Gasteiger partial charge in [0, 0.05) is 5.02 Å². The first-order valence-electron chi connectivity index (χ1n) is 8.32. The molecule has 1 heterocycles. The predicted octanol–water partition coefficient (Wildman–Crippen LogP) is 2.33. The molecule has 2 rings (SSSR count). The highest BCUT2D eigenvalue weighted by atomic mass is 35.5. The van der Waals surface area contributed by atoms with Gasteiger partial charge < -0.3 is 20.1 Å². The van der Waals surface area contributed by atoms with E-state index in [1.54, 1.807) is 31.2 Å². The molecule has 140 valence electrons. The second kappa shape index (κ2) is 9.24. The molecule has 0 saturated carbocycles. The maximum Gasteiger partial charge on any atom is 0.338 e. The van der Waals surface area contributed by atoms with Gasteiger partial charge in [0.2, 0.25) is 0 Å². The molecule has 0 unspecified atom stereocenters. The van der Waals surface area contributed by atoms with Crippen molar-refractivity contribution in [3.05, 3.63) is 46.1 Å². The lowest BCUT2D eigenvalue weighted by Crippen LogP contribution is -2.51. The quantitative estimate of drug-likeness (QED) is 0.708. The number of carbonyl (C=O) groups excluding carboxylic acids is 3. The summed E-state index contributed by atoms with van der Waals surface area (Å²) in [5.74, 6) is -1.07. The first-order chi connectivity index (χ1) is 12.5. The molecule has 2 amide bonds. The van der Waals surface area contributed by atoms with Gasteiger partial charge in [0.1, 0.15) is 6.61 Å². The second-order valence-corrected chi connectivity index (χ2v) is 6.01. The smallest absolute Gasteiger partial charge is 0.338 e. The zero-order valence-electron chi connectivity index (χ0n) is 14.6. The minimum atomic E-state index is -0.552. The van der Waals surface area contributed by atoms with E-state index in [0.717, 1.165) is 0 Å². The fourth-order valence-electron chi connectivity index (χ4n) is 2.58. The van der Waals surface area contributed by atoms with Gasteiger partial charge in [-0.05, 0) is 25.0 Å². The molecule has 1 atom stereocenters. The Morgan fingerprint density at radius 3 is 2.58 bits per heavy atom. The topological polar surface area (TPSA) is 93.7 Å². The van der Waals surface area contributed by atoms with Crippen LogP contribution in [-0.4, -0.2) is 37.2 Å². The van der Waals surface area contributed by atoms with Gasteiger partial charge >= 0.3 is 18.0 Å². The third kappa shape index (κ3) is 4.98. The summed E-state index contributed by atoms with van der Waals surface area (Å²) in [6.07, 6.45) is 0.490. The van der Waals surface area contributed by atoms with Gasteiger partial charge in [-0.15, -0.1) is 0 Å². The molecule has 26 heavy (non-hydrogen) atoms. The van der Waals surface area contributed by atoms with Crippen molar-refractivity contribution in [2.75, 3.05) is 13.2 Å². The van der Waals surface area contributed by atoms with E-state index in [4.69, 9.17) is 21.1 Å². The summed E-state index contributed by atoms with van der Waals surface area (Å²) >= 11 is 6.03. The van der Waals surface area contributed by atoms with Crippen LogP contribution in [0, 0.1) is 0 Å². The van der Waals surface area contributed by atoms with Crippen LogP contribution in [0.15, 0.2) is 35.5 Å². The third-order valence-electron chi connectivity index (χ3n) is 3.82. The van der Waals surface area contributed by atoms with E-state index in [0.29, 0.717) is 17.0 Å². The van der Waals surface area contributed by atoms with Crippen LogP contribution in [0.4, 0.5) is 4.79 Å². The van der Waals surface area contributed by atoms with E-state index in [-0.39, 0.29) is 30.9 Å². The third-order valence-corrected chi connectivity index (χ3v) is 4.19. The molecule has 0 bridgehead atoms. The number of ether oxygens (including phenoxy) is 2. The number of rotatable bonds is 7. The molecule has 0 aromatic heterocycles. The Morgan fingerprint density at radius 1 is 1.19 bits per heavy atom. The van der Waals surface area contributed by atoms with Gasteiger partial charge in [0.05, 0.1) is 30.3 Å². The van der Waals surface area contributed by atoms with Crippen molar-refractivity contribution in [3.8, 4) is 0 Å². The van der Waals surface area contributed by atoms with Crippen molar-refractivity contribution in [1.82, 2.24) is 10.6 Å². The first-order valence-corrected chi connectivity index (χ1v) is 8.70. The van der Waals surface area contributed by atoms with E-state index < -0.39 is 24.0 Å². The van der Waals surface area contributed by atoms with Gasteiger partial charge in [0.15, 0.2) is 0 Å². The summed E-state index contributed by atoms with van der Waals surface area (Å²) in [6.45, 7) is 3.49. The lowest BCUT2D eigenvalue weighted by molar-refractivity contribution is -0.143. The minimum absolute atomic E-state index is 0.00883. The van der Waals surface area contributed by atoms with Crippen molar-refractivity contribution < 1.29 is 23.9 Å². The summed E-state index contributed by atoms with van der Waals surface area (Å²) in [4.78, 5) is 36.1. The summed E-state index contributed by atoms with van der Waals surface area (Å²) in [6, 6.07) is 6.00. The van der Waals surface area contributed by atoms with Crippen LogP contribution in [0.3, 0.4) is 0 Å². The highest BCUT2D eigenvalue weighted by molar-refractivity contribution is 6.31. The van der Waals surface area contributed by atoms with Crippen molar-refractivity contribution in [1.29, 1.82) is 0 Å². The molecular formula is C18H21ClN2O5. The molecule has 0 spiro atoms. The van der Waals surface area contributed by atoms with Gasteiger partial charge in [-0.2, -0.15) is 0 Å². The largest absolute Gasteiger partial charge is 0.463 e. The molecule has 0 radical (unpaired) electrons. The average Bonchev–Trinajstić information content (AvgIpc) is 2.61. The zero-order chi connectivity index (χ0) is 19.1. The van der Waals surface area contributed by atoms with E-state index in [9.17, 15) is 14.4 Å². The number of esters is 2. The van der Waals surface area contributed by atoms with Crippen LogP contribution in [0.25, 0.3) is 0 Å². The Bertz CT molecular complexity index is 732. The molecular weight excluding hydrogens is 360 g/mol. The number of carbonyl (C=O) groups is 3. The SMILES string of the molecule is CCOC(=O)C1=C(COC(=O)Cc2ccccc2Cl)NC(=O)N[C@@H]1CC. The number of hydrogen-bond donors (Lipinski definition) is 2. The first kappa shape index (κ1) is 19.8. The van der Waals surface area contributed by atoms with Crippen LogP contribution in [-0.2, 0) is 25.5 Å². The van der Waals surface area contributed by atoms with Crippen molar-refractivity contribution >= 4 is 29.6 Å². The second-order valence-electron chi connectivity index (χ2n) is 5.60. The zero-order valence-corrected chi connectivity index (χ0v) is 15.4. The molecule has 1 aromatic carbocycles. The summed E-state index contributed by atoms with van der Waals surface area (Å²) in [5.41, 5.74) is 1.13. The number of benzene rings is 1. The Balaban J connectivity index is 2.12. The fraction of sp³-hybridized carbons (Fsp3) is 0.389. The number of halogens is 1. The van der Waals surface area contributed by atoms with Gasteiger partial charge in [0.25, 0.3) is 0 Å². The fourth-order valence-corrected chi connectivity index (χ4v) is 2.78. The normalized spacial score (nSPS) is 16.6. The van der Waals surface area contributed by atoms with Crippen LogP contribution in [0.1, 0.15) is 25.8 Å². The van der Waals surface area contributed by atoms with Crippen LogP contribution in [0.5, 0.6) is 0 Å². The highest BCUT2D eigenvalue weighted by Gasteiger charge is 2.32. The molecule has 1 aromatic rings. The Morgan fingerprint density at radius 2 is 1.92 bits per heavy atom. The Kier molecular flexibility index (Phi) is 7.03. The molecule has 0 aliphatic carbocycles. The maximum atomic E-state index is 12.2. The standard InChI is InChI=1S/C18H21ClN2O5/c1-3-13-16(17(23)25-4-2)14(21-18(24)20-13)10-26-15(22)9-11-7-5-6-8-12(11)19/h5-8,13H,3-4,9-10H2,1-2H3,(H2,20,21,24)/t13-/m1/s1. The molecule has 1 aliphatic heterocycles. The van der Waals surface area contributed by atoms with Gasteiger partial charge in [-0.25, -0.2) is 9.59 Å². The highest BCUT2D eigenvalue weighted by Crippen LogP contribution is 2.19. The number of hydrogen-bond acceptors (Lipinski definition) is 5. The van der Waals surface area contributed by atoms with E-state index >= 15 is 0 Å². The predicted molar refractivity (Wildman–Crippen MR) is 95.5 cm³/mol. The number of urea groups is 1. The van der Waals surface area contributed by atoms with Crippen molar-refractivity contribution in [2.45, 2.75) is 32.7 Å². The van der Waals surface area contributed by atoms with Crippen LogP contribution >= 0.6 is 11.6 Å². The average molecular weight is 381 g/mol. The Hall–Kier alpha value is -2.54. The molecule has 0 fully saturated rings. The molecule has 8 heteroatoms. The Labute approximate surface area is 156 Å².